The normalized spacial score (nSPS) is 12.9. The van der Waals surface area contributed by atoms with Crippen molar-refractivity contribution >= 4 is 5.97 Å². The Balaban J connectivity index is 2.83. The van der Waals surface area contributed by atoms with E-state index in [-0.39, 0.29) is 0 Å². The number of carboxylic acids is 1. The average molecular weight is 249 g/mol. The molecule has 1 rings (SSSR count). The second-order valence-corrected chi connectivity index (χ2v) is 4.89. The first-order chi connectivity index (χ1) is 8.56. The largest absolute Gasteiger partial charge is 0.481 e. The molecule has 0 aliphatic rings. The van der Waals surface area contributed by atoms with Gasteiger partial charge in [-0.1, -0.05) is 37.3 Å². The van der Waals surface area contributed by atoms with Crippen LogP contribution in [-0.2, 0) is 4.79 Å². The summed E-state index contributed by atoms with van der Waals surface area (Å²) in [6.07, 6.45) is 1.04. The predicted molar refractivity (Wildman–Crippen MR) is 73.8 cm³/mol. The molecular weight excluding hydrogens is 226 g/mol. The number of benzene rings is 1. The molecule has 0 aromatic heterocycles. The SMILES string of the molecule is CCCN(CC(C(=O)O)c1ccccc1)C(C)C. The maximum atomic E-state index is 11.4. The number of aliphatic carboxylic acids is 1. The second kappa shape index (κ2) is 7.17. The Hall–Kier alpha value is -1.35. The zero-order valence-electron chi connectivity index (χ0n) is 11.5. The van der Waals surface area contributed by atoms with Gasteiger partial charge in [0.05, 0.1) is 5.92 Å². The van der Waals surface area contributed by atoms with E-state index in [9.17, 15) is 9.90 Å². The van der Waals surface area contributed by atoms with Crippen LogP contribution in [0.2, 0.25) is 0 Å². The molecule has 0 heterocycles. The summed E-state index contributed by atoms with van der Waals surface area (Å²) in [7, 11) is 0. The molecule has 18 heavy (non-hydrogen) atoms. The molecule has 0 aliphatic carbocycles. The van der Waals surface area contributed by atoms with Crippen LogP contribution in [0.25, 0.3) is 0 Å². The van der Waals surface area contributed by atoms with Gasteiger partial charge in [-0.15, -0.1) is 0 Å². The van der Waals surface area contributed by atoms with E-state index in [1.165, 1.54) is 0 Å². The van der Waals surface area contributed by atoms with Crippen molar-refractivity contribution in [2.45, 2.75) is 39.2 Å². The van der Waals surface area contributed by atoms with Crippen LogP contribution >= 0.6 is 0 Å². The van der Waals surface area contributed by atoms with E-state index in [0.29, 0.717) is 12.6 Å². The lowest BCUT2D eigenvalue weighted by atomic mass is 9.98. The molecule has 0 fully saturated rings. The third-order valence-electron chi connectivity index (χ3n) is 3.16. The van der Waals surface area contributed by atoms with E-state index in [4.69, 9.17) is 0 Å². The van der Waals surface area contributed by atoms with Crippen LogP contribution in [-0.4, -0.2) is 35.1 Å². The lowest BCUT2D eigenvalue weighted by Crippen LogP contribution is -2.37. The van der Waals surface area contributed by atoms with Crippen molar-refractivity contribution in [1.82, 2.24) is 4.90 Å². The molecule has 1 unspecified atom stereocenters. The molecule has 1 aromatic rings. The number of carboxylic acid groups (broad SMARTS) is 1. The quantitative estimate of drug-likeness (QED) is 0.807. The van der Waals surface area contributed by atoms with Gasteiger partial charge >= 0.3 is 5.97 Å². The van der Waals surface area contributed by atoms with Gasteiger partial charge in [0.1, 0.15) is 0 Å². The summed E-state index contributed by atoms with van der Waals surface area (Å²) in [6.45, 7) is 7.85. The fourth-order valence-electron chi connectivity index (χ4n) is 2.09. The molecule has 0 spiro atoms. The Kier molecular flexibility index (Phi) is 5.86. The highest BCUT2D eigenvalue weighted by Crippen LogP contribution is 2.18. The molecule has 0 radical (unpaired) electrons. The van der Waals surface area contributed by atoms with Crippen molar-refractivity contribution in [1.29, 1.82) is 0 Å². The Bertz CT molecular complexity index is 362. The molecule has 1 atom stereocenters. The Morgan fingerprint density at radius 1 is 1.28 bits per heavy atom. The molecule has 0 saturated heterocycles. The molecule has 0 saturated carbocycles. The number of carbonyl (C=O) groups is 1. The molecule has 1 N–H and O–H groups in total. The standard InChI is InChI=1S/C15H23NO2/c1-4-10-16(12(2)3)11-14(15(17)18)13-8-6-5-7-9-13/h5-9,12,14H,4,10-11H2,1-3H3,(H,17,18). The van der Waals surface area contributed by atoms with Crippen molar-refractivity contribution in [3.63, 3.8) is 0 Å². The molecule has 100 valence electrons. The van der Waals surface area contributed by atoms with Gasteiger partial charge < -0.3 is 5.11 Å². The van der Waals surface area contributed by atoms with Crippen LogP contribution in [0, 0.1) is 0 Å². The van der Waals surface area contributed by atoms with Gasteiger partial charge in [-0.25, -0.2) is 0 Å². The maximum absolute atomic E-state index is 11.4. The number of hydrogen-bond acceptors (Lipinski definition) is 2. The van der Waals surface area contributed by atoms with Crippen molar-refractivity contribution in [3.05, 3.63) is 35.9 Å². The fraction of sp³-hybridized carbons (Fsp3) is 0.533. The number of rotatable bonds is 7. The Morgan fingerprint density at radius 3 is 2.33 bits per heavy atom. The minimum absolute atomic E-state index is 0.371. The van der Waals surface area contributed by atoms with E-state index in [1.807, 2.05) is 30.3 Å². The highest BCUT2D eigenvalue weighted by atomic mass is 16.4. The Labute approximate surface area is 109 Å². The molecule has 0 aliphatic heterocycles. The molecule has 0 amide bonds. The van der Waals surface area contributed by atoms with E-state index in [0.717, 1.165) is 18.5 Å². The van der Waals surface area contributed by atoms with Gasteiger partial charge in [-0.05, 0) is 32.4 Å². The summed E-state index contributed by atoms with van der Waals surface area (Å²) >= 11 is 0. The zero-order valence-corrected chi connectivity index (χ0v) is 11.5. The van der Waals surface area contributed by atoms with Crippen LogP contribution in [0.4, 0.5) is 0 Å². The molecule has 1 aromatic carbocycles. The van der Waals surface area contributed by atoms with E-state index in [2.05, 4.69) is 25.7 Å². The molecule has 0 bridgehead atoms. The predicted octanol–water partition coefficient (Wildman–Crippen LogP) is 2.98. The lowest BCUT2D eigenvalue weighted by molar-refractivity contribution is -0.139. The van der Waals surface area contributed by atoms with E-state index in [1.54, 1.807) is 0 Å². The van der Waals surface area contributed by atoms with Gasteiger partial charge in [-0.2, -0.15) is 0 Å². The van der Waals surface area contributed by atoms with Crippen LogP contribution in [0.1, 0.15) is 38.7 Å². The van der Waals surface area contributed by atoms with Crippen molar-refractivity contribution in [2.24, 2.45) is 0 Å². The maximum Gasteiger partial charge on any atom is 0.312 e. The summed E-state index contributed by atoms with van der Waals surface area (Å²) in [5.74, 6) is -1.19. The molecular formula is C15H23NO2. The number of hydrogen-bond donors (Lipinski definition) is 1. The van der Waals surface area contributed by atoms with Crippen LogP contribution in [0.3, 0.4) is 0 Å². The highest BCUT2D eigenvalue weighted by Gasteiger charge is 2.23. The minimum atomic E-state index is -0.747. The third-order valence-corrected chi connectivity index (χ3v) is 3.16. The summed E-state index contributed by atoms with van der Waals surface area (Å²) < 4.78 is 0. The first kappa shape index (κ1) is 14.7. The molecule has 3 heteroatoms. The third kappa shape index (κ3) is 4.15. The van der Waals surface area contributed by atoms with E-state index >= 15 is 0 Å². The van der Waals surface area contributed by atoms with Gasteiger partial charge in [0.15, 0.2) is 0 Å². The first-order valence-corrected chi connectivity index (χ1v) is 6.58. The fourth-order valence-corrected chi connectivity index (χ4v) is 2.09. The zero-order chi connectivity index (χ0) is 13.5. The van der Waals surface area contributed by atoms with Crippen LogP contribution < -0.4 is 0 Å². The van der Waals surface area contributed by atoms with Crippen molar-refractivity contribution in [3.8, 4) is 0 Å². The minimum Gasteiger partial charge on any atom is -0.481 e. The summed E-state index contributed by atoms with van der Waals surface area (Å²) in [6, 6.07) is 9.85. The lowest BCUT2D eigenvalue weighted by Gasteiger charge is -2.29. The summed E-state index contributed by atoms with van der Waals surface area (Å²) in [5.41, 5.74) is 0.881. The number of nitrogens with zero attached hydrogens (tertiary/aromatic N) is 1. The van der Waals surface area contributed by atoms with Gasteiger partial charge in [0.25, 0.3) is 0 Å². The smallest absolute Gasteiger partial charge is 0.312 e. The Morgan fingerprint density at radius 2 is 1.89 bits per heavy atom. The average Bonchev–Trinajstić information content (AvgIpc) is 2.34. The van der Waals surface area contributed by atoms with Gasteiger partial charge in [0.2, 0.25) is 0 Å². The topological polar surface area (TPSA) is 40.5 Å². The molecule has 3 nitrogen and oxygen atoms in total. The van der Waals surface area contributed by atoms with Gasteiger partial charge in [-0.3, -0.25) is 9.69 Å². The first-order valence-electron chi connectivity index (χ1n) is 6.58. The highest BCUT2D eigenvalue weighted by molar-refractivity contribution is 5.76. The van der Waals surface area contributed by atoms with Crippen LogP contribution in [0.5, 0.6) is 0 Å². The van der Waals surface area contributed by atoms with Gasteiger partial charge in [0, 0.05) is 12.6 Å². The van der Waals surface area contributed by atoms with Crippen molar-refractivity contribution in [2.75, 3.05) is 13.1 Å². The van der Waals surface area contributed by atoms with Crippen LogP contribution in [0.15, 0.2) is 30.3 Å². The summed E-state index contributed by atoms with van der Waals surface area (Å²) in [5, 5.41) is 9.40. The van der Waals surface area contributed by atoms with E-state index < -0.39 is 11.9 Å². The second-order valence-electron chi connectivity index (χ2n) is 4.89. The summed E-state index contributed by atoms with van der Waals surface area (Å²) in [4.78, 5) is 13.7. The monoisotopic (exact) mass is 249 g/mol. The van der Waals surface area contributed by atoms with Crippen molar-refractivity contribution < 1.29 is 9.90 Å².